The summed E-state index contributed by atoms with van der Waals surface area (Å²) in [4.78, 5) is 26.5. The first kappa shape index (κ1) is 17.2. The van der Waals surface area contributed by atoms with Gasteiger partial charge in [0.25, 0.3) is 5.91 Å². The highest BCUT2D eigenvalue weighted by Crippen LogP contribution is 2.24. The predicted octanol–water partition coefficient (Wildman–Crippen LogP) is 1.75. The lowest BCUT2D eigenvalue weighted by molar-refractivity contribution is -0.120. The summed E-state index contributed by atoms with van der Waals surface area (Å²) in [7, 11) is 0. The maximum absolute atomic E-state index is 12.5. The van der Waals surface area contributed by atoms with Gasteiger partial charge in [-0.05, 0) is 37.6 Å². The Balaban J connectivity index is 1.65. The second-order valence-electron chi connectivity index (χ2n) is 6.13. The lowest BCUT2D eigenvalue weighted by Gasteiger charge is -2.27. The van der Waals surface area contributed by atoms with Gasteiger partial charge in [-0.25, -0.2) is 0 Å². The van der Waals surface area contributed by atoms with E-state index in [9.17, 15) is 9.59 Å². The van der Waals surface area contributed by atoms with Crippen LogP contribution >= 0.6 is 11.6 Å². The minimum Gasteiger partial charge on any atom is -0.378 e. The quantitative estimate of drug-likeness (QED) is 0.870. The fourth-order valence-corrected chi connectivity index (χ4v) is 3.28. The van der Waals surface area contributed by atoms with Gasteiger partial charge in [-0.1, -0.05) is 11.6 Å². The van der Waals surface area contributed by atoms with Gasteiger partial charge in [-0.15, -0.1) is 0 Å². The zero-order valence-electron chi connectivity index (χ0n) is 13.5. The molecule has 2 fully saturated rings. The Morgan fingerprint density at radius 2 is 2.08 bits per heavy atom. The molecule has 0 spiro atoms. The number of ether oxygens (including phenoxy) is 1. The highest BCUT2D eigenvalue weighted by molar-refractivity contribution is 6.34. The molecule has 6 nitrogen and oxygen atoms in total. The zero-order chi connectivity index (χ0) is 16.9. The van der Waals surface area contributed by atoms with E-state index in [-0.39, 0.29) is 17.7 Å². The fourth-order valence-electron chi connectivity index (χ4n) is 3.02. The van der Waals surface area contributed by atoms with E-state index < -0.39 is 0 Å². The zero-order valence-corrected chi connectivity index (χ0v) is 14.3. The number of halogens is 1. The van der Waals surface area contributed by atoms with E-state index in [1.807, 2.05) is 0 Å². The minimum atomic E-state index is -0.0994. The van der Waals surface area contributed by atoms with Gasteiger partial charge in [0.15, 0.2) is 0 Å². The summed E-state index contributed by atoms with van der Waals surface area (Å²) < 4.78 is 5.26. The van der Waals surface area contributed by atoms with Crippen LogP contribution in [0.3, 0.4) is 0 Å². The number of hydrogen-bond donors (Lipinski definition) is 2. The second kappa shape index (κ2) is 7.96. The van der Waals surface area contributed by atoms with Crippen molar-refractivity contribution >= 4 is 29.1 Å². The normalized spacial score (nSPS) is 21.4. The number of nitrogens with one attached hydrogen (secondary N) is 2. The predicted molar refractivity (Wildman–Crippen MR) is 92.4 cm³/mol. The molecule has 0 aliphatic carbocycles. The Morgan fingerprint density at radius 1 is 1.29 bits per heavy atom. The van der Waals surface area contributed by atoms with E-state index in [1.165, 1.54) is 0 Å². The minimum absolute atomic E-state index is 0.00878. The van der Waals surface area contributed by atoms with Gasteiger partial charge >= 0.3 is 0 Å². The first-order valence-electron chi connectivity index (χ1n) is 8.33. The van der Waals surface area contributed by atoms with E-state index in [4.69, 9.17) is 16.3 Å². The van der Waals surface area contributed by atoms with Gasteiger partial charge in [-0.3, -0.25) is 9.59 Å². The maximum atomic E-state index is 12.5. The molecule has 0 aromatic heterocycles. The van der Waals surface area contributed by atoms with Gasteiger partial charge in [-0.2, -0.15) is 0 Å². The van der Waals surface area contributed by atoms with E-state index >= 15 is 0 Å². The number of benzene rings is 1. The van der Waals surface area contributed by atoms with Crippen LogP contribution in [0.15, 0.2) is 18.2 Å². The second-order valence-corrected chi connectivity index (χ2v) is 6.54. The van der Waals surface area contributed by atoms with Crippen molar-refractivity contribution in [1.29, 1.82) is 0 Å². The number of nitrogens with zero attached hydrogens (tertiary/aromatic N) is 1. The summed E-state index contributed by atoms with van der Waals surface area (Å²) in [5.74, 6) is -0.129. The van der Waals surface area contributed by atoms with Crippen LogP contribution in [0.1, 0.15) is 23.2 Å². The van der Waals surface area contributed by atoms with Gasteiger partial charge in [0, 0.05) is 25.3 Å². The van der Waals surface area contributed by atoms with Crippen molar-refractivity contribution in [2.75, 3.05) is 44.7 Å². The van der Waals surface area contributed by atoms with Crippen LogP contribution in [0.25, 0.3) is 0 Å². The summed E-state index contributed by atoms with van der Waals surface area (Å²) in [5, 5.41) is 6.47. The van der Waals surface area contributed by atoms with Crippen LogP contribution in [-0.2, 0) is 9.53 Å². The molecule has 1 atom stereocenters. The smallest absolute Gasteiger partial charge is 0.255 e. The van der Waals surface area contributed by atoms with Crippen LogP contribution < -0.4 is 10.6 Å². The largest absolute Gasteiger partial charge is 0.378 e. The highest BCUT2D eigenvalue weighted by atomic mass is 35.5. The van der Waals surface area contributed by atoms with E-state index in [0.29, 0.717) is 49.1 Å². The molecule has 2 N–H and O–H groups in total. The molecule has 3 rings (SSSR count). The van der Waals surface area contributed by atoms with Crippen molar-refractivity contribution in [2.24, 2.45) is 5.92 Å². The molecule has 7 heteroatoms. The molecule has 1 aromatic rings. The third-order valence-corrected chi connectivity index (χ3v) is 4.75. The van der Waals surface area contributed by atoms with Gasteiger partial charge < -0.3 is 20.3 Å². The molecular formula is C17H22ClN3O3. The van der Waals surface area contributed by atoms with Crippen molar-refractivity contribution in [3.63, 3.8) is 0 Å². The first-order valence-corrected chi connectivity index (χ1v) is 8.71. The van der Waals surface area contributed by atoms with Gasteiger partial charge in [0.1, 0.15) is 0 Å². The summed E-state index contributed by atoms with van der Waals surface area (Å²) in [6.45, 7) is 3.91. The molecule has 1 aromatic carbocycles. The van der Waals surface area contributed by atoms with Crippen molar-refractivity contribution in [3.05, 3.63) is 28.8 Å². The van der Waals surface area contributed by atoms with Crippen LogP contribution in [-0.4, -0.2) is 56.1 Å². The summed E-state index contributed by atoms with van der Waals surface area (Å²) >= 11 is 6.27. The molecule has 2 aliphatic rings. The van der Waals surface area contributed by atoms with Gasteiger partial charge in [0.2, 0.25) is 5.91 Å². The van der Waals surface area contributed by atoms with E-state index in [1.54, 1.807) is 23.1 Å². The molecular weight excluding hydrogens is 330 g/mol. The topological polar surface area (TPSA) is 70.7 Å². The molecule has 2 saturated heterocycles. The van der Waals surface area contributed by atoms with Crippen molar-refractivity contribution < 1.29 is 14.3 Å². The lowest BCUT2D eigenvalue weighted by atomic mass is 9.99. The summed E-state index contributed by atoms with van der Waals surface area (Å²) in [6, 6.07) is 5.05. The SMILES string of the molecule is O=C(Nc1ccc(C(=O)N2CCOCC2)c(Cl)c1)C1CCCNC1. The Kier molecular flexibility index (Phi) is 5.71. The fraction of sp³-hybridized carbons (Fsp3) is 0.529. The van der Waals surface area contributed by atoms with Crippen molar-refractivity contribution in [3.8, 4) is 0 Å². The molecule has 1 unspecified atom stereocenters. The molecule has 2 aliphatic heterocycles. The number of hydrogen-bond acceptors (Lipinski definition) is 4. The molecule has 24 heavy (non-hydrogen) atoms. The third kappa shape index (κ3) is 4.06. The number of amides is 2. The number of carbonyl (C=O) groups excluding carboxylic acids is 2. The van der Waals surface area contributed by atoms with E-state index in [2.05, 4.69) is 10.6 Å². The van der Waals surface area contributed by atoms with Gasteiger partial charge in [0.05, 0.1) is 29.7 Å². The standard InChI is InChI=1S/C17H22ClN3O3/c18-15-10-13(20-16(22)12-2-1-5-19-11-12)3-4-14(15)17(23)21-6-8-24-9-7-21/h3-4,10,12,19H,1-2,5-9,11H2,(H,20,22). The molecule has 0 radical (unpaired) electrons. The number of anilines is 1. The van der Waals surface area contributed by atoms with Crippen LogP contribution in [0.2, 0.25) is 5.02 Å². The van der Waals surface area contributed by atoms with Crippen LogP contribution in [0.5, 0.6) is 0 Å². The molecule has 0 bridgehead atoms. The average molecular weight is 352 g/mol. The Bertz CT molecular complexity index is 611. The number of rotatable bonds is 3. The number of morpholine rings is 1. The third-order valence-electron chi connectivity index (χ3n) is 4.43. The van der Waals surface area contributed by atoms with Crippen molar-refractivity contribution in [1.82, 2.24) is 10.2 Å². The Labute approximate surface area is 146 Å². The molecule has 2 heterocycles. The summed E-state index contributed by atoms with van der Waals surface area (Å²) in [6.07, 6.45) is 1.89. The number of carbonyl (C=O) groups is 2. The lowest BCUT2D eigenvalue weighted by Crippen LogP contribution is -2.40. The van der Waals surface area contributed by atoms with Crippen LogP contribution in [0, 0.1) is 5.92 Å². The maximum Gasteiger partial charge on any atom is 0.255 e. The first-order chi connectivity index (χ1) is 11.6. The Hall–Kier alpha value is -1.63. The average Bonchev–Trinajstić information content (AvgIpc) is 2.63. The monoisotopic (exact) mass is 351 g/mol. The van der Waals surface area contributed by atoms with Crippen LogP contribution in [0.4, 0.5) is 5.69 Å². The van der Waals surface area contributed by atoms with Crippen molar-refractivity contribution in [2.45, 2.75) is 12.8 Å². The highest BCUT2D eigenvalue weighted by Gasteiger charge is 2.23. The molecule has 0 saturated carbocycles. The molecule has 130 valence electrons. The number of piperidine rings is 1. The molecule has 2 amide bonds. The summed E-state index contributed by atoms with van der Waals surface area (Å²) in [5.41, 5.74) is 1.07. The Morgan fingerprint density at radius 3 is 2.75 bits per heavy atom. The van der Waals surface area contributed by atoms with E-state index in [0.717, 1.165) is 19.4 Å².